The summed E-state index contributed by atoms with van der Waals surface area (Å²) in [6, 6.07) is 0.224. The Labute approximate surface area is 72.2 Å². The summed E-state index contributed by atoms with van der Waals surface area (Å²) < 4.78 is 9.65. The van der Waals surface area contributed by atoms with Gasteiger partial charge in [0.15, 0.2) is 0 Å². The molecule has 0 heterocycles. The average molecular weight is 173 g/mol. The van der Waals surface area contributed by atoms with Crippen molar-refractivity contribution in [1.82, 2.24) is 5.32 Å². The van der Waals surface area contributed by atoms with E-state index in [-0.39, 0.29) is 12.1 Å². The van der Waals surface area contributed by atoms with Crippen LogP contribution in [0.15, 0.2) is 0 Å². The molecule has 1 saturated carbocycles. The molecule has 1 N–H and O–H groups in total. The van der Waals surface area contributed by atoms with Crippen LogP contribution in [0.3, 0.4) is 0 Å². The molecule has 12 heavy (non-hydrogen) atoms. The summed E-state index contributed by atoms with van der Waals surface area (Å²) in [4.78, 5) is 10.8. The van der Waals surface area contributed by atoms with E-state index in [1.54, 1.807) is 7.11 Å². The fourth-order valence-electron chi connectivity index (χ4n) is 1.51. The molecule has 0 aromatic heterocycles. The first-order valence-corrected chi connectivity index (χ1v) is 4.13. The molecule has 4 nitrogen and oxygen atoms in total. The van der Waals surface area contributed by atoms with Gasteiger partial charge < -0.3 is 14.8 Å². The van der Waals surface area contributed by atoms with Crippen LogP contribution in [0.2, 0.25) is 0 Å². The smallest absolute Gasteiger partial charge is 0.407 e. The quantitative estimate of drug-likeness (QED) is 0.675. The van der Waals surface area contributed by atoms with Gasteiger partial charge in [-0.2, -0.15) is 0 Å². The van der Waals surface area contributed by atoms with Crippen LogP contribution in [-0.2, 0) is 9.47 Å². The summed E-state index contributed by atoms with van der Waals surface area (Å²) in [6.45, 7) is 0. The Hall–Kier alpha value is -0.770. The topological polar surface area (TPSA) is 47.6 Å². The van der Waals surface area contributed by atoms with E-state index >= 15 is 0 Å². The molecule has 2 atom stereocenters. The monoisotopic (exact) mass is 173 g/mol. The van der Waals surface area contributed by atoms with E-state index in [9.17, 15) is 4.79 Å². The summed E-state index contributed by atoms with van der Waals surface area (Å²) in [5.74, 6) is 0. The Balaban J connectivity index is 2.23. The van der Waals surface area contributed by atoms with Crippen molar-refractivity contribution in [2.75, 3.05) is 14.2 Å². The Morgan fingerprint density at radius 1 is 1.42 bits per heavy atom. The van der Waals surface area contributed by atoms with Crippen LogP contribution in [0, 0.1) is 0 Å². The molecule has 0 saturated heterocycles. The highest BCUT2D eigenvalue weighted by Gasteiger charge is 2.25. The maximum absolute atomic E-state index is 10.8. The molecule has 70 valence electrons. The van der Waals surface area contributed by atoms with Gasteiger partial charge in [0.05, 0.1) is 13.2 Å². The lowest BCUT2D eigenvalue weighted by atomic mass is 10.2. The molecule has 1 amide bonds. The van der Waals surface area contributed by atoms with Gasteiger partial charge in [-0.15, -0.1) is 0 Å². The number of hydrogen-bond donors (Lipinski definition) is 1. The van der Waals surface area contributed by atoms with E-state index < -0.39 is 0 Å². The number of amides is 1. The highest BCUT2D eigenvalue weighted by Crippen LogP contribution is 2.21. The molecular weight excluding hydrogens is 158 g/mol. The zero-order chi connectivity index (χ0) is 8.97. The van der Waals surface area contributed by atoms with Gasteiger partial charge in [-0.1, -0.05) is 0 Å². The van der Waals surface area contributed by atoms with E-state index in [0.29, 0.717) is 6.10 Å². The molecule has 1 rings (SSSR count). The van der Waals surface area contributed by atoms with Gasteiger partial charge in [-0.3, -0.25) is 0 Å². The third kappa shape index (κ3) is 2.37. The van der Waals surface area contributed by atoms with Gasteiger partial charge >= 0.3 is 6.09 Å². The lowest BCUT2D eigenvalue weighted by Gasteiger charge is -2.11. The minimum absolute atomic E-state index is 0.224. The van der Waals surface area contributed by atoms with Crippen molar-refractivity contribution in [3.63, 3.8) is 0 Å². The Morgan fingerprint density at radius 3 is 2.67 bits per heavy atom. The molecule has 4 heteroatoms. The normalized spacial score (nSPS) is 28.5. The Morgan fingerprint density at radius 2 is 2.17 bits per heavy atom. The molecule has 2 unspecified atom stereocenters. The second kappa shape index (κ2) is 4.30. The lowest BCUT2D eigenvalue weighted by molar-refractivity contribution is 0.106. The van der Waals surface area contributed by atoms with Crippen LogP contribution in [0.5, 0.6) is 0 Å². The third-order valence-electron chi connectivity index (χ3n) is 2.23. The summed E-state index contributed by atoms with van der Waals surface area (Å²) in [6.07, 6.45) is 2.84. The third-order valence-corrected chi connectivity index (χ3v) is 2.23. The number of hydrogen-bond acceptors (Lipinski definition) is 3. The van der Waals surface area contributed by atoms with Crippen molar-refractivity contribution < 1.29 is 14.3 Å². The summed E-state index contributed by atoms with van der Waals surface area (Å²) in [5.41, 5.74) is 0. The molecule has 0 bridgehead atoms. The molecule has 0 aromatic carbocycles. The first-order valence-electron chi connectivity index (χ1n) is 4.13. The van der Waals surface area contributed by atoms with E-state index in [2.05, 4.69) is 10.1 Å². The van der Waals surface area contributed by atoms with E-state index in [0.717, 1.165) is 19.3 Å². The zero-order valence-corrected chi connectivity index (χ0v) is 7.50. The fourth-order valence-corrected chi connectivity index (χ4v) is 1.51. The standard InChI is InChI=1S/C8H15NO3/c1-11-7-4-3-6(5-7)9-8(10)12-2/h6-7H,3-5H2,1-2H3,(H,9,10). The van der Waals surface area contributed by atoms with Crippen molar-refractivity contribution in [2.24, 2.45) is 0 Å². The number of carbonyl (C=O) groups is 1. The largest absolute Gasteiger partial charge is 0.453 e. The SMILES string of the molecule is COC(=O)NC1CCC(OC)C1. The number of nitrogens with one attached hydrogen (secondary N) is 1. The van der Waals surface area contributed by atoms with Crippen LogP contribution in [0.1, 0.15) is 19.3 Å². The Bertz CT molecular complexity index is 160. The maximum atomic E-state index is 10.8. The second-order valence-corrected chi connectivity index (χ2v) is 3.00. The molecule has 0 aromatic rings. The van der Waals surface area contributed by atoms with Crippen molar-refractivity contribution in [3.8, 4) is 0 Å². The van der Waals surface area contributed by atoms with E-state index in [1.807, 2.05) is 0 Å². The number of alkyl carbamates (subject to hydrolysis) is 1. The van der Waals surface area contributed by atoms with Gasteiger partial charge in [0, 0.05) is 13.2 Å². The van der Waals surface area contributed by atoms with Crippen LogP contribution >= 0.6 is 0 Å². The number of ether oxygens (including phenoxy) is 2. The lowest BCUT2D eigenvalue weighted by Crippen LogP contribution is -2.33. The minimum Gasteiger partial charge on any atom is -0.453 e. The fraction of sp³-hybridized carbons (Fsp3) is 0.875. The molecule has 0 radical (unpaired) electrons. The predicted octanol–water partition coefficient (Wildman–Crippen LogP) is 0.910. The van der Waals surface area contributed by atoms with Gasteiger partial charge in [0.25, 0.3) is 0 Å². The number of carbonyl (C=O) groups excluding carboxylic acids is 1. The van der Waals surface area contributed by atoms with Crippen molar-refractivity contribution in [3.05, 3.63) is 0 Å². The highest BCUT2D eigenvalue weighted by molar-refractivity contribution is 5.67. The van der Waals surface area contributed by atoms with E-state index in [1.165, 1.54) is 7.11 Å². The molecular formula is C8H15NO3. The molecule has 0 aliphatic heterocycles. The van der Waals surface area contributed by atoms with Crippen molar-refractivity contribution >= 4 is 6.09 Å². The summed E-state index contributed by atoms with van der Waals surface area (Å²) in [5, 5.41) is 2.75. The van der Waals surface area contributed by atoms with Gasteiger partial charge in [-0.05, 0) is 19.3 Å². The van der Waals surface area contributed by atoms with Gasteiger partial charge in [0.1, 0.15) is 0 Å². The average Bonchev–Trinajstić information content (AvgIpc) is 2.52. The summed E-state index contributed by atoms with van der Waals surface area (Å²) in [7, 11) is 3.07. The number of rotatable bonds is 2. The van der Waals surface area contributed by atoms with Gasteiger partial charge in [-0.25, -0.2) is 4.79 Å². The predicted molar refractivity (Wildman–Crippen MR) is 44.0 cm³/mol. The zero-order valence-electron chi connectivity index (χ0n) is 7.50. The summed E-state index contributed by atoms with van der Waals surface area (Å²) >= 11 is 0. The van der Waals surface area contributed by atoms with Gasteiger partial charge in [0.2, 0.25) is 0 Å². The van der Waals surface area contributed by atoms with Crippen LogP contribution < -0.4 is 5.32 Å². The van der Waals surface area contributed by atoms with Crippen LogP contribution in [0.25, 0.3) is 0 Å². The highest BCUT2D eigenvalue weighted by atomic mass is 16.5. The second-order valence-electron chi connectivity index (χ2n) is 3.00. The minimum atomic E-state index is -0.350. The van der Waals surface area contributed by atoms with Crippen LogP contribution in [-0.4, -0.2) is 32.5 Å². The number of methoxy groups -OCH3 is 2. The molecule has 0 spiro atoms. The van der Waals surface area contributed by atoms with Crippen molar-refractivity contribution in [2.45, 2.75) is 31.4 Å². The molecule has 1 aliphatic carbocycles. The maximum Gasteiger partial charge on any atom is 0.407 e. The molecule has 1 aliphatic rings. The van der Waals surface area contributed by atoms with E-state index in [4.69, 9.17) is 4.74 Å². The molecule has 1 fully saturated rings. The Kier molecular flexibility index (Phi) is 3.34. The first kappa shape index (κ1) is 9.32. The van der Waals surface area contributed by atoms with Crippen LogP contribution in [0.4, 0.5) is 4.79 Å². The van der Waals surface area contributed by atoms with Crippen molar-refractivity contribution in [1.29, 1.82) is 0 Å². The first-order chi connectivity index (χ1) is 5.76.